The number of aromatic nitrogens is 2. The molecule has 0 aliphatic carbocycles. The van der Waals surface area contributed by atoms with Gasteiger partial charge in [0.25, 0.3) is 5.91 Å². The van der Waals surface area contributed by atoms with Gasteiger partial charge in [0.2, 0.25) is 0 Å². The maximum absolute atomic E-state index is 12.3. The summed E-state index contributed by atoms with van der Waals surface area (Å²) in [5.41, 5.74) is -0.199. The van der Waals surface area contributed by atoms with Crippen LogP contribution in [0.3, 0.4) is 0 Å². The standard InChI is InChI=1S/C14H15N3O5S/c1-4-7-5-8(14(21)22-3)12(23-7)15-11(18)10-9(13(19)20)6-17(2)16-10/h5-6H,4H2,1-3H3,(H,15,18)(H,19,20). The summed E-state index contributed by atoms with van der Waals surface area (Å²) >= 11 is 1.23. The summed E-state index contributed by atoms with van der Waals surface area (Å²) in [4.78, 5) is 36.1. The number of thiophene rings is 1. The van der Waals surface area contributed by atoms with Crippen molar-refractivity contribution in [2.24, 2.45) is 7.05 Å². The molecule has 2 heterocycles. The zero-order chi connectivity index (χ0) is 17.1. The number of carboxylic acids is 1. The van der Waals surface area contributed by atoms with E-state index in [4.69, 9.17) is 9.84 Å². The van der Waals surface area contributed by atoms with E-state index in [-0.39, 0.29) is 16.8 Å². The molecule has 2 aromatic heterocycles. The number of nitrogens with one attached hydrogen (secondary N) is 1. The van der Waals surface area contributed by atoms with Crippen LogP contribution in [-0.2, 0) is 18.2 Å². The summed E-state index contributed by atoms with van der Waals surface area (Å²) in [5.74, 6) is -2.52. The van der Waals surface area contributed by atoms with E-state index in [0.717, 1.165) is 4.88 Å². The number of amides is 1. The fourth-order valence-corrected chi connectivity index (χ4v) is 2.92. The molecule has 23 heavy (non-hydrogen) atoms. The number of aryl methyl sites for hydroxylation is 2. The number of nitrogens with zero attached hydrogens (tertiary/aromatic N) is 2. The van der Waals surface area contributed by atoms with Gasteiger partial charge >= 0.3 is 11.9 Å². The highest BCUT2D eigenvalue weighted by atomic mass is 32.1. The van der Waals surface area contributed by atoms with E-state index in [9.17, 15) is 14.4 Å². The van der Waals surface area contributed by atoms with Crippen LogP contribution in [0.1, 0.15) is 43.0 Å². The molecule has 0 radical (unpaired) electrons. The SMILES string of the molecule is CCc1cc(C(=O)OC)c(NC(=O)c2nn(C)cc2C(=O)O)s1. The van der Waals surface area contributed by atoms with E-state index in [0.29, 0.717) is 11.4 Å². The van der Waals surface area contributed by atoms with Crippen LogP contribution in [0.2, 0.25) is 0 Å². The first-order valence-corrected chi connectivity index (χ1v) is 7.48. The average molecular weight is 337 g/mol. The molecule has 122 valence electrons. The monoisotopic (exact) mass is 337 g/mol. The van der Waals surface area contributed by atoms with Crippen molar-refractivity contribution in [1.29, 1.82) is 0 Å². The molecule has 1 amide bonds. The Bertz CT molecular complexity index is 777. The predicted molar refractivity (Wildman–Crippen MR) is 83.2 cm³/mol. The van der Waals surface area contributed by atoms with Crippen LogP contribution >= 0.6 is 11.3 Å². The number of hydrogen-bond donors (Lipinski definition) is 2. The zero-order valence-electron chi connectivity index (χ0n) is 12.7. The molecule has 0 saturated carbocycles. The number of rotatable bonds is 5. The van der Waals surface area contributed by atoms with Crippen molar-refractivity contribution in [3.05, 3.63) is 34.0 Å². The van der Waals surface area contributed by atoms with Crippen molar-refractivity contribution in [3.63, 3.8) is 0 Å². The lowest BCUT2D eigenvalue weighted by atomic mass is 10.2. The van der Waals surface area contributed by atoms with Gasteiger partial charge in [0, 0.05) is 18.1 Å². The van der Waals surface area contributed by atoms with E-state index in [1.807, 2.05) is 6.92 Å². The fraction of sp³-hybridized carbons (Fsp3) is 0.286. The highest BCUT2D eigenvalue weighted by Gasteiger charge is 2.24. The maximum atomic E-state index is 12.3. The van der Waals surface area contributed by atoms with Gasteiger partial charge in [-0.3, -0.25) is 9.48 Å². The molecule has 0 fully saturated rings. The Morgan fingerprint density at radius 1 is 1.39 bits per heavy atom. The van der Waals surface area contributed by atoms with Crippen LogP contribution in [0.25, 0.3) is 0 Å². The molecule has 2 aromatic rings. The van der Waals surface area contributed by atoms with E-state index in [1.54, 1.807) is 6.07 Å². The third-order valence-electron chi connectivity index (χ3n) is 3.04. The normalized spacial score (nSPS) is 10.4. The third-order valence-corrected chi connectivity index (χ3v) is 4.23. The van der Waals surface area contributed by atoms with Gasteiger partial charge in [0.1, 0.15) is 10.6 Å². The summed E-state index contributed by atoms with van der Waals surface area (Å²) < 4.78 is 5.93. The van der Waals surface area contributed by atoms with Crippen molar-refractivity contribution >= 4 is 34.2 Å². The van der Waals surface area contributed by atoms with Crippen molar-refractivity contribution in [3.8, 4) is 0 Å². The highest BCUT2D eigenvalue weighted by molar-refractivity contribution is 7.16. The largest absolute Gasteiger partial charge is 0.478 e. The molecule has 0 atom stereocenters. The highest BCUT2D eigenvalue weighted by Crippen LogP contribution is 2.29. The number of ether oxygens (including phenoxy) is 1. The molecule has 8 nitrogen and oxygen atoms in total. The molecule has 0 spiro atoms. The van der Waals surface area contributed by atoms with Crippen LogP contribution in [0.15, 0.2) is 12.3 Å². The fourth-order valence-electron chi connectivity index (χ4n) is 1.95. The van der Waals surface area contributed by atoms with Gasteiger partial charge in [0.05, 0.1) is 12.7 Å². The number of carboxylic acid groups (broad SMARTS) is 1. The molecule has 2 N–H and O–H groups in total. The molecular weight excluding hydrogens is 322 g/mol. The number of carbonyl (C=O) groups is 3. The van der Waals surface area contributed by atoms with Crippen LogP contribution in [0.4, 0.5) is 5.00 Å². The number of methoxy groups -OCH3 is 1. The van der Waals surface area contributed by atoms with E-state index >= 15 is 0 Å². The molecule has 9 heteroatoms. The van der Waals surface area contributed by atoms with Gasteiger partial charge in [-0.05, 0) is 12.5 Å². The first-order valence-electron chi connectivity index (χ1n) is 6.66. The van der Waals surface area contributed by atoms with Crippen molar-refractivity contribution < 1.29 is 24.2 Å². The number of hydrogen-bond acceptors (Lipinski definition) is 6. The van der Waals surface area contributed by atoms with Crippen molar-refractivity contribution in [2.75, 3.05) is 12.4 Å². The van der Waals surface area contributed by atoms with Crippen LogP contribution in [0, 0.1) is 0 Å². The lowest BCUT2D eigenvalue weighted by Crippen LogP contribution is -2.17. The smallest absolute Gasteiger partial charge is 0.340 e. The third kappa shape index (κ3) is 3.39. The van der Waals surface area contributed by atoms with Crippen LogP contribution < -0.4 is 5.32 Å². The Balaban J connectivity index is 2.35. The first kappa shape index (κ1) is 16.7. The van der Waals surface area contributed by atoms with E-state index < -0.39 is 17.8 Å². The Morgan fingerprint density at radius 3 is 2.65 bits per heavy atom. The van der Waals surface area contributed by atoms with Gasteiger partial charge < -0.3 is 15.2 Å². The minimum absolute atomic E-state index is 0.211. The minimum atomic E-state index is -1.25. The van der Waals surface area contributed by atoms with Crippen molar-refractivity contribution in [2.45, 2.75) is 13.3 Å². The summed E-state index contributed by atoms with van der Waals surface area (Å²) in [6.07, 6.45) is 1.93. The molecule has 0 aliphatic rings. The predicted octanol–water partition coefficient (Wildman–Crippen LogP) is 1.78. The van der Waals surface area contributed by atoms with E-state index in [2.05, 4.69) is 10.4 Å². The molecule has 0 aliphatic heterocycles. The van der Waals surface area contributed by atoms with Gasteiger partial charge in [-0.2, -0.15) is 5.10 Å². The van der Waals surface area contributed by atoms with Gasteiger partial charge in [-0.1, -0.05) is 6.92 Å². The van der Waals surface area contributed by atoms with Crippen LogP contribution in [0.5, 0.6) is 0 Å². The second-order valence-corrected chi connectivity index (χ2v) is 5.76. The Morgan fingerprint density at radius 2 is 2.09 bits per heavy atom. The van der Waals surface area contributed by atoms with Gasteiger partial charge in [-0.25, -0.2) is 9.59 Å². The quantitative estimate of drug-likeness (QED) is 0.805. The topological polar surface area (TPSA) is 111 Å². The molecule has 0 aromatic carbocycles. The Hall–Kier alpha value is -2.68. The number of aromatic carboxylic acids is 1. The molecule has 0 bridgehead atoms. The lowest BCUT2D eigenvalue weighted by molar-refractivity contribution is 0.0601. The number of carbonyl (C=O) groups excluding carboxylic acids is 2. The molecular formula is C14H15N3O5S. The molecule has 0 unspecified atom stereocenters. The lowest BCUT2D eigenvalue weighted by Gasteiger charge is -2.04. The van der Waals surface area contributed by atoms with Gasteiger partial charge in [0.15, 0.2) is 5.69 Å². The summed E-state index contributed by atoms with van der Waals surface area (Å²) in [5, 5.41) is 15.8. The Labute approximate surface area is 135 Å². The number of anilines is 1. The Kier molecular flexibility index (Phi) is 4.80. The second kappa shape index (κ2) is 6.61. The molecule has 0 saturated heterocycles. The number of esters is 1. The minimum Gasteiger partial charge on any atom is -0.478 e. The average Bonchev–Trinajstić information content (AvgIpc) is 3.10. The van der Waals surface area contributed by atoms with Gasteiger partial charge in [-0.15, -0.1) is 11.3 Å². The van der Waals surface area contributed by atoms with E-state index in [1.165, 1.54) is 36.4 Å². The first-order chi connectivity index (χ1) is 10.9. The van der Waals surface area contributed by atoms with Crippen LogP contribution in [-0.4, -0.2) is 39.8 Å². The molecule has 2 rings (SSSR count). The van der Waals surface area contributed by atoms with Crippen molar-refractivity contribution in [1.82, 2.24) is 9.78 Å². The second-order valence-electron chi connectivity index (χ2n) is 4.62. The summed E-state index contributed by atoms with van der Waals surface area (Å²) in [6.45, 7) is 1.92. The zero-order valence-corrected chi connectivity index (χ0v) is 13.6. The summed E-state index contributed by atoms with van der Waals surface area (Å²) in [7, 11) is 2.77. The summed E-state index contributed by atoms with van der Waals surface area (Å²) in [6, 6.07) is 1.64. The maximum Gasteiger partial charge on any atom is 0.340 e.